The molecule has 0 heterocycles. The molecule has 0 aliphatic heterocycles. The molecule has 0 fully saturated rings. The minimum Gasteiger partial charge on any atom is -0.310 e. The van der Waals surface area contributed by atoms with Gasteiger partial charge < -0.3 is 4.90 Å². The van der Waals surface area contributed by atoms with Crippen molar-refractivity contribution in [2.24, 2.45) is 0 Å². The van der Waals surface area contributed by atoms with Crippen LogP contribution in [0.15, 0.2) is 237 Å². The molecule has 11 aromatic rings. The molecule has 0 amide bonds. The Kier molecular flexibility index (Phi) is 8.56. The van der Waals surface area contributed by atoms with Crippen LogP contribution in [0.2, 0.25) is 0 Å². The lowest BCUT2D eigenvalue weighted by molar-refractivity contribution is 1.28. The molecule has 1 nitrogen and oxygen atoms in total. The Morgan fingerprint density at radius 2 is 0.746 bits per heavy atom. The van der Waals surface area contributed by atoms with Crippen molar-refractivity contribution in [2.75, 3.05) is 4.90 Å². The molecule has 59 heavy (non-hydrogen) atoms. The van der Waals surface area contributed by atoms with Crippen LogP contribution in [0, 0.1) is 0 Å². The maximum Gasteiger partial charge on any atom is 0.0468 e. The summed E-state index contributed by atoms with van der Waals surface area (Å²) in [6.07, 6.45) is 0. The summed E-state index contributed by atoms with van der Waals surface area (Å²) in [4.78, 5) is 2.40. The molecule has 0 radical (unpaired) electrons. The summed E-state index contributed by atoms with van der Waals surface area (Å²) in [5, 5.41) is 10.1. The van der Waals surface area contributed by atoms with E-state index in [4.69, 9.17) is 0 Å². The standard InChI is InChI=1S/C58H39N/c1-3-12-40(13-4-1)42-28-31-51(32-29-42)59(52-20-11-19-47(38-52)48-26-22-41-14-7-8-18-46(41)36-48)53-33-35-54(57(39-53)43-15-5-2-6-16-43)49-30-34-56-50(37-49)27-25-45-24-23-44-17-9-10-21-55(44)58(45)56/h1-39H. The molecule has 1 heteroatoms. The van der Waals surface area contributed by atoms with Gasteiger partial charge in [-0.2, -0.15) is 0 Å². The average Bonchev–Trinajstić information content (AvgIpc) is 3.32. The number of nitrogens with zero attached hydrogens (tertiary/aromatic N) is 1. The second-order valence-corrected chi connectivity index (χ2v) is 15.3. The lowest BCUT2D eigenvalue weighted by Crippen LogP contribution is -2.10. The van der Waals surface area contributed by atoms with Crippen LogP contribution >= 0.6 is 0 Å². The van der Waals surface area contributed by atoms with Gasteiger partial charge in [-0.05, 0) is 136 Å². The molecule has 0 aliphatic rings. The molecule has 11 aromatic carbocycles. The Labute approximate surface area is 344 Å². The van der Waals surface area contributed by atoms with Crippen LogP contribution in [-0.2, 0) is 0 Å². The fourth-order valence-electron chi connectivity index (χ4n) is 8.86. The average molecular weight is 750 g/mol. The first-order valence-corrected chi connectivity index (χ1v) is 20.3. The minimum atomic E-state index is 1.09. The first-order valence-electron chi connectivity index (χ1n) is 20.3. The van der Waals surface area contributed by atoms with Crippen LogP contribution in [0.3, 0.4) is 0 Å². The Balaban J connectivity index is 1.07. The highest BCUT2D eigenvalue weighted by Crippen LogP contribution is 2.43. The third-order valence-electron chi connectivity index (χ3n) is 11.8. The van der Waals surface area contributed by atoms with Crippen molar-refractivity contribution in [3.63, 3.8) is 0 Å². The third kappa shape index (κ3) is 6.40. The highest BCUT2D eigenvalue weighted by Gasteiger charge is 2.18. The fraction of sp³-hybridized carbons (Fsp3) is 0. The van der Waals surface area contributed by atoms with Crippen LogP contribution in [-0.4, -0.2) is 0 Å². The largest absolute Gasteiger partial charge is 0.310 e. The number of anilines is 3. The molecule has 11 rings (SSSR count). The minimum absolute atomic E-state index is 1.09. The quantitative estimate of drug-likeness (QED) is 0.147. The van der Waals surface area contributed by atoms with E-state index in [0.29, 0.717) is 0 Å². The molecule has 0 unspecified atom stereocenters. The van der Waals surface area contributed by atoms with Crippen molar-refractivity contribution in [3.05, 3.63) is 237 Å². The van der Waals surface area contributed by atoms with Gasteiger partial charge in [0, 0.05) is 17.1 Å². The molecule has 0 spiro atoms. The van der Waals surface area contributed by atoms with Crippen LogP contribution < -0.4 is 4.90 Å². The number of hydrogen-bond donors (Lipinski definition) is 0. The van der Waals surface area contributed by atoms with Crippen molar-refractivity contribution in [2.45, 2.75) is 0 Å². The van der Waals surface area contributed by atoms with Crippen molar-refractivity contribution in [3.8, 4) is 44.5 Å². The van der Waals surface area contributed by atoms with Gasteiger partial charge in [0.25, 0.3) is 0 Å². The number of rotatable bonds is 7. The summed E-state index contributed by atoms with van der Waals surface area (Å²) in [5.41, 5.74) is 12.8. The Morgan fingerprint density at radius 1 is 0.220 bits per heavy atom. The topological polar surface area (TPSA) is 3.24 Å². The van der Waals surface area contributed by atoms with E-state index in [0.717, 1.165) is 17.1 Å². The molecule has 0 saturated carbocycles. The van der Waals surface area contributed by atoms with Crippen LogP contribution in [0.5, 0.6) is 0 Å². The molecule has 0 aromatic heterocycles. The number of benzene rings is 11. The first kappa shape index (κ1) is 34.5. The van der Waals surface area contributed by atoms with Crippen LogP contribution in [0.1, 0.15) is 0 Å². The van der Waals surface area contributed by atoms with E-state index >= 15 is 0 Å². The van der Waals surface area contributed by atoms with Crippen molar-refractivity contribution in [1.82, 2.24) is 0 Å². The molecular formula is C58H39N. The van der Waals surface area contributed by atoms with E-state index in [2.05, 4.69) is 241 Å². The van der Waals surface area contributed by atoms with Gasteiger partial charge in [0.2, 0.25) is 0 Å². The van der Waals surface area contributed by atoms with Gasteiger partial charge in [-0.25, -0.2) is 0 Å². The zero-order chi connectivity index (χ0) is 39.1. The molecule has 0 aliphatic carbocycles. The fourth-order valence-corrected chi connectivity index (χ4v) is 8.86. The summed E-state index contributed by atoms with van der Waals surface area (Å²) in [7, 11) is 0. The van der Waals surface area contributed by atoms with Gasteiger partial charge in [-0.3, -0.25) is 0 Å². The molecular weight excluding hydrogens is 711 g/mol. The van der Waals surface area contributed by atoms with E-state index in [1.54, 1.807) is 0 Å². The second-order valence-electron chi connectivity index (χ2n) is 15.3. The third-order valence-corrected chi connectivity index (χ3v) is 11.8. The zero-order valence-corrected chi connectivity index (χ0v) is 32.5. The Morgan fingerprint density at radius 3 is 1.56 bits per heavy atom. The predicted octanol–water partition coefficient (Wildman–Crippen LogP) is 16.4. The van der Waals surface area contributed by atoms with Crippen molar-refractivity contribution in [1.29, 1.82) is 0 Å². The molecule has 276 valence electrons. The second kappa shape index (κ2) is 14.6. The Bertz CT molecular complexity index is 3310. The van der Waals surface area contributed by atoms with E-state index in [9.17, 15) is 0 Å². The van der Waals surface area contributed by atoms with E-state index in [1.165, 1.54) is 87.6 Å². The van der Waals surface area contributed by atoms with Gasteiger partial charge in [0.05, 0.1) is 0 Å². The first-order chi connectivity index (χ1) is 29.2. The summed E-state index contributed by atoms with van der Waals surface area (Å²) in [5.74, 6) is 0. The number of fused-ring (bicyclic) bond motifs is 6. The van der Waals surface area contributed by atoms with Gasteiger partial charge in [-0.1, -0.05) is 188 Å². The zero-order valence-electron chi connectivity index (χ0n) is 32.5. The molecule has 0 atom stereocenters. The monoisotopic (exact) mass is 749 g/mol. The van der Waals surface area contributed by atoms with E-state index < -0.39 is 0 Å². The SMILES string of the molecule is c1ccc(-c2ccc(N(c3cccc(-c4ccc5ccccc5c4)c3)c3ccc(-c4ccc5c(ccc6ccc7ccccc7c65)c4)c(-c4ccccc4)c3)cc2)cc1. The van der Waals surface area contributed by atoms with Crippen molar-refractivity contribution >= 4 is 60.2 Å². The van der Waals surface area contributed by atoms with Gasteiger partial charge >= 0.3 is 0 Å². The highest BCUT2D eigenvalue weighted by molar-refractivity contribution is 6.20. The van der Waals surface area contributed by atoms with Gasteiger partial charge in [0.15, 0.2) is 0 Å². The lowest BCUT2D eigenvalue weighted by atomic mass is 9.90. The summed E-state index contributed by atoms with van der Waals surface area (Å²) in [6.45, 7) is 0. The van der Waals surface area contributed by atoms with Crippen LogP contribution in [0.25, 0.3) is 87.6 Å². The van der Waals surface area contributed by atoms with E-state index in [-0.39, 0.29) is 0 Å². The summed E-state index contributed by atoms with van der Waals surface area (Å²) in [6, 6.07) is 86.3. The lowest BCUT2D eigenvalue weighted by Gasteiger charge is -2.27. The smallest absolute Gasteiger partial charge is 0.0468 e. The normalized spacial score (nSPS) is 11.4. The highest BCUT2D eigenvalue weighted by atomic mass is 15.1. The maximum absolute atomic E-state index is 2.40. The summed E-state index contributed by atoms with van der Waals surface area (Å²) >= 11 is 0. The van der Waals surface area contributed by atoms with Crippen LogP contribution in [0.4, 0.5) is 17.1 Å². The van der Waals surface area contributed by atoms with Gasteiger partial charge in [-0.15, -0.1) is 0 Å². The molecule has 0 saturated heterocycles. The molecule has 0 bridgehead atoms. The Hall–Kier alpha value is -7.74. The predicted molar refractivity (Wildman–Crippen MR) is 253 cm³/mol. The molecule has 0 N–H and O–H groups in total. The van der Waals surface area contributed by atoms with E-state index in [1.807, 2.05) is 0 Å². The maximum atomic E-state index is 2.40. The van der Waals surface area contributed by atoms with Gasteiger partial charge in [0.1, 0.15) is 0 Å². The van der Waals surface area contributed by atoms with Crippen molar-refractivity contribution < 1.29 is 0 Å². The number of hydrogen-bond acceptors (Lipinski definition) is 1. The summed E-state index contributed by atoms with van der Waals surface area (Å²) < 4.78 is 0.